The third kappa shape index (κ3) is 7.30. The number of nitrogens with two attached hydrogens (primary N) is 1. The standard InChI is InChI=1S/C15H24N6O7/c1-7(23)12(15(27)28)21-11(24)4-18-14(26)10(2-8-3-17-6-19-8)20-13(25)9(16)5-22/h3,6-7,9-10,12,22-23H,2,4-5,16H2,1H3,(H,17,19)(H,18,26)(H,20,25)(H,21,24)(H,27,28). The van der Waals surface area contributed by atoms with Crippen molar-refractivity contribution in [2.75, 3.05) is 13.2 Å². The smallest absolute Gasteiger partial charge is 0.328 e. The molecule has 0 saturated carbocycles. The van der Waals surface area contributed by atoms with Gasteiger partial charge < -0.3 is 42.0 Å². The molecule has 4 atom stereocenters. The number of aromatic amines is 1. The van der Waals surface area contributed by atoms with Gasteiger partial charge in [0.1, 0.15) is 12.1 Å². The number of carboxylic acids is 1. The van der Waals surface area contributed by atoms with Crippen molar-refractivity contribution in [3.8, 4) is 0 Å². The van der Waals surface area contributed by atoms with Crippen LogP contribution < -0.4 is 21.7 Å². The van der Waals surface area contributed by atoms with E-state index < -0.39 is 61.1 Å². The van der Waals surface area contributed by atoms with Crippen molar-refractivity contribution in [2.24, 2.45) is 5.73 Å². The fraction of sp³-hybridized carbons (Fsp3) is 0.533. The van der Waals surface area contributed by atoms with Crippen molar-refractivity contribution in [3.63, 3.8) is 0 Å². The summed E-state index contributed by atoms with van der Waals surface area (Å²) in [6.07, 6.45) is 1.47. The fourth-order valence-electron chi connectivity index (χ4n) is 2.09. The van der Waals surface area contributed by atoms with Gasteiger partial charge in [-0.3, -0.25) is 14.4 Å². The minimum Gasteiger partial charge on any atom is -0.480 e. The largest absolute Gasteiger partial charge is 0.480 e. The SMILES string of the molecule is CC(O)C(NC(=O)CNC(=O)C(Cc1cnc[nH]1)NC(=O)C(N)CO)C(=O)O. The molecule has 0 radical (unpaired) electrons. The molecule has 3 amide bonds. The number of aliphatic hydroxyl groups excluding tert-OH is 2. The molecular formula is C15H24N6O7. The second-order valence-corrected chi connectivity index (χ2v) is 5.97. The van der Waals surface area contributed by atoms with E-state index in [0.29, 0.717) is 5.69 Å². The van der Waals surface area contributed by atoms with Gasteiger partial charge in [-0.15, -0.1) is 0 Å². The summed E-state index contributed by atoms with van der Waals surface area (Å²) in [5.74, 6) is -3.80. The van der Waals surface area contributed by atoms with Crippen LogP contribution in [0.3, 0.4) is 0 Å². The fourth-order valence-corrected chi connectivity index (χ4v) is 2.09. The lowest BCUT2D eigenvalue weighted by molar-refractivity contribution is -0.144. The number of carbonyl (C=O) groups excluding carboxylic acids is 3. The molecule has 0 aromatic carbocycles. The van der Waals surface area contributed by atoms with Crippen LogP contribution in [0.5, 0.6) is 0 Å². The van der Waals surface area contributed by atoms with Gasteiger partial charge >= 0.3 is 5.97 Å². The maximum absolute atomic E-state index is 12.4. The monoisotopic (exact) mass is 400 g/mol. The molecule has 0 fully saturated rings. The molecule has 28 heavy (non-hydrogen) atoms. The zero-order chi connectivity index (χ0) is 21.3. The Kier molecular flexibility index (Phi) is 9.01. The lowest BCUT2D eigenvalue weighted by Gasteiger charge is -2.20. The minimum absolute atomic E-state index is 0.00274. The van der Waals surface area contributed by atoms with E-state index in [1.807, 2.05) is 0 Å². The number of aliphatic carboxylic acids is 1. The summed E-state index contributed by atoms with van der Waals surface area (Å²) >= 11 is 0. The molecule has 9 N–H and O–H groups in total. The maximum atomic E-state index is 12.4. The highest BCUT2D eigenvalue weighted by molar-refractivity contribution is 5.92. The first-order chi connectivity index (χ1) is 13.1. The summed E-state index contributed by atoms with van der Waals surface area (Å²) in [7, 11) is 0. The maximum Gasteiger partial charge on any atom is 0.328 e. The number of aromatic nitrogens is 2. The Bertz CT molecular complexity index is 678. The van der Waals surface area contributed by atoms with E-state index in [4.69, 9.17) is 15.9 Å². The first-order valence-corrected chi connectivity index (χ1v) is 8.27. The molecule has 13 nitrogen and oxygen atoms in total. The molecule has 1 heterocycles. The van der Waals surface area contributed by atoms with Crippen LogP contribution in [-0.4, -0.2) is 86.4 Å². The van der Waals surface area contributed by atoms with E-state index in [-0.39, 0.29) is 6.42 Å². The predicted octanol–water partition coefficient (Wildman–Crippen LogP) is -4.18. The lowest BCUT2D eigenvalue weighted by atomic mass is 10.1. The number of imidazole rings is 1. The molecule has 0 spiro atoms. The summed E-state index contributed by atoms with van der Waals surface area (Å²) in [4.78, 5) is 53.6. The molecular weight excluding hydrogens is 376 g/mol. The van der Waals surface area contributed by atoms with Gasteiger partial charge in [-0.05, 0) is 6.92 Å². The Morgan fingerprint density at radius 1 is 1.25 bits per heavy atom. The van der Waals surface area contributed by atoms with Gasteiger partial charge in [-0.2, -0.15) is 0 Å². The van der Waals surface area contributed by atoms with E-state index >= 15 is 0 Å². The Hall–Kier alpha value is -3.03. The molecule has 156 valence electrons. The number of carboxylic acid groups (broad SMARTS) is 1. The predicted molar refractivity (Wildman–Crippen MR) is 93.5 cm³/mol. The molecule has 0 bridgehead atoms. The van der Waals surface area contributed by atoms with Crippen LogP contribution in [0.25, 0.3) is 0 Å². The molecule has 1 aromatic rings. The van der Waals surface area contributed by atoms with Crippen LogP contribution in [0.1, 0.15) is 12.6 Å². The quantitative estimate of drug-likeness (QED) is 0.180. The highest BCUT2D eigenvalue weighted by atomic mass is 16.4. The van der Waals surface area contributed by atoms with Gasteiger partial charge in [0.2, 0.25) is 17.7 Å². The van der Waals surface area contributed by atoms with Crippen molar-refractivity contribution in [1.82, 2.24) is 25.9 Å². The Morgan fingerprint density at radius 2 is 1.93 bits per heavy atom. The summed E-state index contributed by atoms with van der Waals surface area (Å²) < 4.78 is 0. The van der Waals surface area contributed by atoms with Crippen molar-refractivity contribution in [3.05, 3.63) is 18.2 Å². The zero-order valence-corrected chi connectivity index (χ0v) is 15.1. The number of nitrogens with one attached hydrogen (secondary N) is 4. The van der Waals surface area contributed by atoms with Gasteiger partial charge in [0.25, 0.3) is 0 Å². The number of hydrogen-bond acceptors (Lipinski definition) is 8. The van der Waals surface area contributed by atoms with Gasteiger partial charge in [-0.1, -0.05) is 0 Å². The molecule has 0 saturated heterocycles. The first-order valence-electron chi connectivity index (χ1n) is 8.27. The van der Waals surface area contributed by atoms with Crippen molar-refractivity contribution in [2.45, 2.75) is 37.6 Å². The van der Waals surface area contributed by atoms with E-state index in [0.717, 1.165) is 0 Å². The Morgan fingerprint density at radius 3 is 2.43 bits per heavy atom. The molecule has 1 rings (SSSR count). The second-order valence-electron chi connectivity index (χ2n) is 5.97. The van der Waals surface area contributed by atoms with Gasteiger partial charge in [0.05, 0.1) is 25.6 Å². The first kappa shape index (κ1) is 23.0. The van der Waals surface area contributed by atoms with E-state index in [1.54, 1.807) is 0 Å². The van der Waals surface area contributed by atoms with Crippen molar-refractivity contribution < 1.29 is 34.5 Å². The average Bonchev–Trinajstić information content (AvgIpc) is 3.15. The third-order valence-corrected chi connectivity index (χ3v) is 3.63. The van der Waals surface area contributed by atoms with Crippen LogP contribution in [-0.2, 0) is 25.6 Å². The van der Waals surface area contributed by atoms with Crippen molar-refractivity contribution >= 4 is 23.7 Å². The van der Waals surface area contributed by atoms with Crippen molar-refractivity contribution in [1.29, 1.82) is 0 Å². The van der Waals surface area contributed by atoms with Crippen LogP contribution in [0, 0.1) is 0 Å². The van der Waals surface area contributed by atoms with Crippen LogP contribution >= 0.6 is 0 Å². The molecule has 1 aromatic heterocycles. The Balaban J connectivity index is 2.70. The van der Waals surface area contributed by atoms with Gasteiger partial charge in [-0.25, -0.2) is 9.78 Å². The topological polar surface area (TPSA) is 220 Å². The third-order valence-electron chi connectivity index (χ3n) is 3.63. The summed E-state index contributed by atoms with van der Waals surface area (Å²) in [6.45, 7) is -0.0166. The number of amides is 3. The number of aliphatic hydroxyl groups is 2. The number of rotatable bonds is 11. The highest BCUT2D eigenvalue weighted by Gasteiger charge is 2.27. The molecule has 0 aliphatic heterocycles. The minimum atomic E-state index is -1.53. The molecule has 0 aliphatic carbocycles. The van der Waals surface area contributed by atoms with E-state index in [2.05, 4.69) is 25.9 Å². The van der Waals surface area contributed by atoms with E-state index in [1.165, 1.54) is 19.4 Å². The van der Waals surface area contributed by atoms with Gasteiger partial charge in [0, 0.05) is 18.3 Å². The molecule has 13 heteroatoms. The van der Waals surface area contributed by atoms with E-state index in [9.17, 15) is 24.3 Å². The van der Waals surface area contributed by atoms with Crippen LogP contribution in [0.4, 0.5) is 0 Å². The number of H-pyrrole nitrogens is 1. The number of nitrogens with zero attached hydrogens (tertiary/aromatic N) is 1. The highest BCUT2D eigenvalue weighted by Crippen LogP contribution is 2.00. The molecule has 0 aliphatic rings. The molecule has 4 unspecified atom stereocenters. The lowest BCUT2D eigenvalue weighted by Crippen LogP contribution is -2.55. The zero-order valence-electron chi connectivity index (χ0n) is 15.1. The average molecular weight is 400 g/mol. The van der Waals surface area contributed by atoms with Gasteiger partial charge in [0.15, 0.2) is 6.04 Å². The summed E-state index contributed by atoms with van der Waals surface area (Å²) in [5.41, 5.74) is 5.93. The Labute approximate surface area is 159 Å². The van der Waals surface area contributed by atoms with Crippen LogP contribution in [0.2, 0.25) is 0 Å². The normalized spacial score (nSPS) is 15.0. The van der Waals surface area contributed by atoms with Crippen LogP contribution in [0.15, 0.2) is 12.5 Å². The number of carbonyl (C=O) groups is 4. The summed E-state index contributed by atoms with van der Waals surface area (Å²) in [5, 5.41) is 33.9. The number of hydrogen-bond donors (Lipinski definition) is 8. The summed E-state index contributed by atoms with van der Waals surface area (Å²) in [6, 6.07) is -3.90. The second kappa shape index (κ2) is 11.0.